The topological polar surface area (TPSA) is 66.0 Å². The van der Waals surface area contributed by atoms with E-state index in [1.807, 2.05) is 18.2 Å². The first-order valence-corrected chi connectivity index (χ1v) is 12.0. The molecule has 0 bridgehead atoms. The summed E-state index contributed by atoms with van der Waals surface area (Å²) in [6.45, 7) is 2.84. The average Bonchev–Trinajstić information content (AvgIpc) is 3.38. The minimum Gasteiger partial charge on any atom is -0.493 e. The number of likely N-dealkylation sites (tertiary alicyclic amines) is 1. The van der Waals surface area contributed by atoms with E-state index in [1.54, 1.807) is 22.6 Å². The number of hydrogen-bond acceptors (Lipinski definition) is 6. The molecular weight excluding hydrogens is 400 g/mol. The maximum atomic E-state index is 13.7. The molecule has 0 amide bonds. The Bertz CT molecular complexity index is 1050. The molecule has 30 heavy (non-hydrogen) atoms. The number of fused-ring (bicyclic) bond motifs is 2. The first-order chi connectivity index (χ1) is 14.5. The number of pyridine rings is 1. The van der Waals surface area contributed by atoms with E-state index in [-0.39, 0.29) is 6.04 Å². The molecule has 0 N–H and O–H groups in total. The number of hydrogen-bond donors (Lipinski definition) is 0. The molecule has 2 aromatic rings. The van der Waals surface area contributed by atoms with Gasteiger partial charge >= 0.3 is 0 Å². The van der Waals surface area contributed by atoms with E-state index < -0.39 is 10.0 Å². The second-order valence-electron chi connectivity index (χ2n) is 8.52. The Morgan fingerprint density at radius 2 is 1.93 bits per heavy atom. The smallest absolute Gasteiger partial charge is 0.264 e. The molecule has 3 aliphatic rings. The number of sulfonamides is 1. The second kappa shape index (κ2) is 7.51. The predicted molar refractivity (Wildman–Crippen MR) is 115 cm³/mol. The molecule has 1 aromatic carbocycles. The van der Waals surface area contributed by atoms with Crippen LogP contribution in [0.4, 0.5) is 5.69 Å². The summed E-state index contributed by atoms with van der Waals surface area (Å²) in [6, 6.07) is 9.59. The molecule has 1 unspecified atom stereocenters. The van der Waals surface area contributed by atoms with Crippen LogP contribution in [0.15, 0.2) is 41.4 Å². The molecular formula is C22H28N4O3S. The molecule has 0 radical (unpaired) electrons. The third-order valence-corrected chi connectivity index (χ3v) is 8.54. The largest absolute Gasteiger partial charge is 0.493 e. The summed E-state index contributed by atoms with van der Waals surface area (Å²) in [7, 11) is 0.561. The molecule has 1 aromatic heterocycles. The summed E-state index contributed by atoms with van der Waals surface area (Å²) in [5.74, 6) is 0.684. The number of aromatic nitrogens is 1. The van der Waals surface area contributed by atoms with E-state index in [0.29, 0.717) is 41.9 Å². The zero-order valence-electron chi connectivity index (χ0n) is 17.5. The molecule has 1 saturated heterocycles. The first kappa shape index (κ1) is 19.8. The van der Waals surface area contributed by atoms with Gasteiger partial charge in [0.15, 0.2) is 0 Å². The highest BCUT2D eigenvalue weighted by atomic mass is 32.2. The van der Waals surface area contributed by atoms with Crippen LogP contribution in [-0.4, -0.2) is 69.6 Å². The van der Waals surface area contributed by atoms with Crippen LogP contribution in [0.5, 0.6) is 5.75 Å². The summed E-state index contributed by atoms with van der Waals surface area (Å²) in [4.78, 5) is 9.66. The molecule has 0 saturated carbocycles. The quantitative estimate of drug-likeness (QED) is 0.745. The fraction of sp³-hybridized carbons (Fsp3) is 0.500. The Hall–Kier alpha value is -2.16. The zero-order chi connectivity index (χ0) is 20.9. The van der Waals surface area contributed by atoms with Crippen LogP contribution in [0.25, 0.3) is 0 Å². The Kier molecular flexibility index (Phi) is 4.95. The fourth-order valence-electron chi connectivity index (χ4n) is 5.00. The van der Waals surface area contributed by atoms with Crippen LogP contribution in [0, 0.1) is 0 Å². The van der Waals surface area contributed by atoms with Crippen molar-refractivity contribution in [3.8, 4) is 5.75 Å². The third kappa shape index (κ3) is 3.18. The van der Waals surface area contributed by atoms with Gasteiger partial charge in [-0.05, 0) is 51.2 Å². The molecule has 0 spiro atoms. The van der Waals surface area contributed by atoms with Gasteiger partial charge in [0, 0.05) is 37.3 Å². The molecule has 1 atom stereocenters. The van der Waals surface area contributed by atoms with Gasteiger partial charge in [-0.2, -0.15) is 0 Å². The molecule has 7 nitrogen and oxygen atoms in total. The molecule has 4 heterocycles. The van der Waals surface area contributed by atoms with E-state index in [4.69, 9.17) is 4.74 Å². The van der Waals surface area contributed by atoms with E-state index in [0.717, 1.165) is 37.2 Å². The summed E-state index contributed by atoms with van der Waals surface area (Å²) in [5, 5.41) is 0. The Balaban J connectivity index is 1.47. The van der Waals surface area contributed by atoms with Crippen molar-refractivity contribution < 1.29 is 13.2 Å². The summed E-state index contributed by atoms with van der Waals surface area (Å²) in [6.07, 6.45) is 4.56. The Morgan fingerprint density at radius 1 is 1.13 bits per heavy atom. The van der Waals surface area contributed by atoms with Crippen LogP contribution in [0.2, 0.25) is 0 Å². The standard InChI is InChI=1S/C22H28N4O3S/c1-24(2)16-8-12-25(13-9-16)19-15-26(18-5-4-11-23-22(18)19)30(27,28)21-7-3-6-20-17(21)10-14-29-20/h3-7,11,16,19H,8-10,12-15H2,1-2H3. The lowest BCUT2D eigenvalue weighted by Gasteiger charge is -2.38. The maximum absolute atomic E-state index is 13.7. The highest BCUT2D eigenvalue weighted by molar-refractivity contribution is 7.93. The normalized spacial score (nSPS) is 22.2. The molecule has 160 valence electrons. The van der Waals surface area contributed by atoms with Gasteiger partial charge in [-0.1, -0.05) is 6.07 Å². The lowest BCUT2D eigenvalue weighted by atomic mass is 10.0. The highest BCUT2D eigenvalue weighted by Crippen LogP contribution is 2.42. The summed E-state index contributed by atoms with van der Waals surface area (Å²) in [5.41, 5.74) is 2.36. The van der Waals surface area contributed by atoms with Crippen molar-refractivity contribution >= 4 is 15.7 Å². The predicted octanol–water partition coefficient (Wildman–Crippen LogP) is 2.29. The van der Waals surface area contributed by atoms with E-state index in [2.05, 4.69) is 28.9 Å². The highest BCUT2D eigenvalue weighted by Gasteiger charge is 2.42. The maximum Gasteiger partial charge on any atom is 0.264 e. The van der Waals surface area contributed by atoms with Crippen molar-refractivity contribution in [2.45, 2.75) is 36.2 Å². The van der Waals surface area contributed by atoms with Crippen molar-refractivity contribution in [1.29, 1.82) is 0 Å². The lowest BCUT2D eigenvalue weighted by molar-refractivity contribution is 0.113. The molecule has 1 fully saturated rings. The zero-order valence-corrected chi connectivity index (χ0v) is 18.3. The number of piperidine rings is 1. The van der Waals surface area contributed by atoms with Crippen molar-refractivity contribution in [2.75, 3.05) is 44.6 Å². The van der Waals surface area contributed by atoms with E-state index >= 15 is 0 Å². The lowest BCUT2D eigenvalue weighted by Crippen LogP contribution is -2.44. The minimum atomic E-state index is -3.69. The van der Waals surface area contributed by atoms with Crippen LogP contribution in [-0.2, 0) is 16.4 Å². The van der Waals surface area contributed by atoms with E-state index in [1.165, 1.54) is 0 Å². The van der Waals surface area contributed by atoms with Crippen LogP contribution >= 0.6 is 0 Å². The van der Waals surface area contributed by atoms with Gasteiger partial charge in [0.25, 0.3) is 10.0 Å². The molecule has 8 heteroatoms. The number of nitrogens with zero attached hydrogens (tertiary/aromatic N) is 4. The first-order valence-electron chi connectivity index (χ1n) is 10.6. The van der Waals surface area contributed by atoms with Crippen LogP contribution in [0.1, 0.15) is 30.1 Å². The van der Waals surface area contributed by atoms with Crippen molar-refractivity contribution in [3.05, 3.63) is 47.8 Å². The van der Waals surface area contributed by atoms with Crippen molar-refractivity contribution in [1.82, 2.24) is 14.8 Å². The van der Waals surface area contributed by atoms with Gasteiger partial charge < -0.3 is 9.64 Å². The number of benzene rings is 1. The van der Waals surface area contributed by atoms with Gasteiger partial charge in [-0.25, -0.2) is 8.42 Å². The fourth-order valence-corrected chi connectivity index (χ4v) is 6.75. The van der Waals surface area contributed by atoms with Gasteiger partial charge in [0.1, 0.15) is 5.75 Å². The minimum absolute atomic E-state index is 0.00732. The monoisotopic (exact) mass is 428 g/mol. The number of rotatable bonds is 4. The SMILES string of the molecule is CN(C)C1CCN(C2CN(S(=O)(=O)c3cccc4c3CCO4)c3cccnc32)CC1. The summed E-state index contributed by atoms with van der Waals surface area (Å²) >= 11 is 0. The molecule has 3 aliphatic heterocycles. The number of ether oxygens (including phenoxy) is 1. The third-order valence-electron chi connectivity index (χ3n) is 6.68. The Labute approximate surface area is 178 Å². The molecule has 5 rings (SSSR count). The van der Waals surface area contributed by atoms with Crippen LogP contribution < -0.4 is 9.04 Å². The van der Waals surface area contributed by atoms with Crippen LogP contribution in [0.3, 0.4) is 0 Å². The van der Waals surface area contributed by atoms with Gasteiger partial charge in [-0.15, -0.1) is 0 Å². The van der Waals surface area contributed by atoms with Crippen molar-refractivity contribution in [2.24, 2.45) is 0 Å². The van der Waals surface area contributed by atoms with Gasteiger partial charge in [0.2, 0.25) is 0 Å². The van der Waals surface area contributed by atoms with E-state index in [9.17, 15) is 8.42 Å². The van der Waals surface area contributed by atoms with Gasteiger partial charge in [-0.3, -0.25) is 14.2 Å². The molecule has 0 aliphatic carbocycles. The van der Waals surface area contributed by atoms with Crippen molar-refractivity contribution in [3.63, 3.8) is 0 Å². The second-order valence-corrected chi connectivity index (χ2v) is 10.4. The average molecular weight is 429 g/mol. The number of anilines is 1. The Morgan fingerprint density at radius 3 is 2.70 bits per heavy atom. The summed E-state index contributed by atoms with van der Waals surface area (Å²) < 4.78 is 34.7. The van der Waals surface area contributed by atoms with Gasteiger partial charge in [0.05, 0.1) is 35.5 Å².